The predicted molar refractivity (Wildman–Crippen MR) is 79.2 cm³/mol. The molecule has 2 rings (SSSR count). The quantitative estimate of drug-likeness (QED) is 0.873. The number of furan rings is 1. The third-order valence-electron chi connectivity index (χ3n) is 3.81. The second kappa shape index (κ2) is 7.11. The second-order valence-electron chi connectivity index (χ2n) is 5.28. The highest BCUT2D eigenvalue weighted by Crippen LogP contribution is 2.08. The fourth-order valence-corrected chi connectivity index (χ4v) is 2.43. The van der Waals surface area contributed by atoms with Gasteiger partial charge in [0.2, 0.25) is 11.8 Å². The predicted octanol–water partition coefficient (Wildman–Crippen LogP) is 0.399. The molecule has 0 radical (unpaired) electrons. The van der Waals surface area contributed by atoms with E-state index in [1.807, 2.05) is 0 Å². The number of hydrogen-bond acceptors (Lipinski definition) is 4. The first-order chi connectivity index (χ1) is 10.5. The monoisotopic (exact) mass is 307 g/mol. The number of aryl methyl sites for hydroxylation is 1. The SMILES string of the molecule is CC(=O)N1CCN(C(=O)CCNC(=O)c2ccoc2C)CC1. The minimum Gasteiger partial charge on any atom is -0.469 e. The fraction of sp³-hybridized carbons (Fsp3) is 0.533. The summed E-state index contributed by atoms with van der Waals surface area (Å²) in [6, 6.07) is 1.60. The van der Waals surface area contributed by atoms with Gasteiger partial charge in [-0.05, 0) is 13.0 Å². The van der Waals surface area contributed by atoms with E-state index in [1.165, 1.54) is 13.2 Å². The van der Waals surface area contributed by atoms with E-state index in [1.54, 1.807) is 22.8 Å². The summed E-state index contributed by atoms with van der Waals surface area (Å²) >= 11 is 0. The van der Waals surface area contributed by atoms with Crippen molar-refractivity contribution in [3.05, 3.63) is 23.7 Å². The van der Waals surface area contributed by atoms with Crippen LogP contribution in [0.1, 0.15) is 29.5 Å². The molecule has 1 aliphatic rings. The summed E-state index contributed by atoms with van der Waals surface area (Å²) in [4.78, 5) is 38.6. The smallest absolute Gasteiger partial charge is 0.254 e. The van der Waals surface area contributed by atoms with Gasteiger partial charge in [-0.3, -0.25) is 14.4 Å². The Kier molecular flexibility index (Phi) is 5.19. The molecule has 7 heteroatoms. The van der Waals surface area contributed by atoms with Crippen LogP contribution < -0.4 is 5.32 Å². The van der Waals surface area contributed by atoms with Crippen molar-refractivity contribution in [3.8, 4) is 0 Å². The number of piperazine rings is 1. The number of hydrogen-bond donors (Lipinski definition) is 1. The number of carbonyl (C=O) groups is 3. The standard InChI is InChI=1S/C15H21N3O4/c1-11-13(4-10-22-11)15(21)16-5-3-14(20)18-8-6-17(7-9-18)12(2)19/h4,10H,3,5-9H2,1-2H3,(H,16,21). The lowest BCUT2D eigenvalue weighted by atomic mass is 10.2. The molecule has 0 unspecified atom stereocenters. The van der Waals surface area contributed by atoms with Crippen molar-refractivity contribution in [3.63, 3.8) is 0 Å². The number of amides is 3. The summed E-state index contributed by atoms with van der Waals surface area (Å²) in [6.45, 7) is 5.78. The van der Waals surface area contributed by atoms with Crippen LogP contribution in [-0.4, -0.2) is 60.2 Å². The first-order valence-corrected chi connectivity index (χ1v) is 7.34. The Balaban J connectivity index is 1.71. The molecule has 1 aliphatic heterocycles. The highest BCUT2D eigenvalue weighted by molar-refractivity contribution is 5.95. The van der Waals surface area contributed by atoms with E-state index in [0.717, 1.165) is 0 Å². The topological polar surface area (TPSA) is 82.9 Å². The molecule has 0 atom stereocenters. The molecule has 0 bridgehead atoms. The number of rotatable bonds is 4. The van der Waals surface area contributed by atoms with Gasteiger partial charge in [-0.15, -0.1) is 0 Å². The van der Waals surface area contributed by atoms with Crippen LogP contribution in [0.3, 0.4) is 0 Å². The number of carbonyl (C=O) groups excluding carboxylic acids is 3. The molecular formula is C15H21N3O4. The zero-order valence-corrected chi connectivity index (χ0v) is 12.9. The third-order valence-corrected chi connectivity index (χ3v) is 3.81. The van der Waals surface area contributed by atoms with Gasteiger partial charge in [0.15, 0.2) is 0 Å². The van der Waals surface area contributed by atoms with Crippen LogP contribution >= 0.6 is 0 Å². The van der Waals surface area contributed by atoms with Crippen molar-refractivity contribution < 1.29 is 18.8 Å². The van der Waals surface area contributed by atoms with Crippen molar-refractivity contribution in [2.24, 2.45) is 0 Å². The Morgan fingerprint density at radius 2 is 1.82 bits per heavy atom. The average molecular weight is 307 g/mol. The third kappa shape index (κ3) is 3.87. The molecular weight excluding hydrogens is 286 g/mol. The van der Waals surface area contributed by atoms with E-state index in [9.17, 15) is 14.4 Å². The highest BCUT2D eigenvalue weighted by atomic mass is 16.3. The lowest BCUT2D eigenvalue weighted by Crippen LogP contribution is -2.50. The van der Waals surface area contributed by atoms with Gasteiger partial charge in [0, 0.05) is 46.1 Å². The Hall–Kier alpha value is -2.31. The van der Waals surface area contributed by atoms with E-state index in [0.29, 0.717) is 37.5 Å². The van der Waals surface area contributed by atoms with Crippen LogP contribution in [0.15, 0.2) is 16.7 Å². The van der Waals surface area contributed by atoms with Crippen molar-refractivity contribution in [2.75, 3.05) is 32.7 Å². The molecule has 1 aromatic heterocycles. The highest BCUT2D eigenvalue weighted by Gasteiger charge is 2.22. The largest absolute Gasteiger partial charge is 0.469 e. The first kappa shape index (κ1) is 16.1. The van der Waals surface area contributed by atoms with Gasteiger partial charge in [0.05, 0.1) is 11.8 Å². The van der Waals surface area contributed by atoms with Gasteiger partial charge in [-0.2, -0.15) is 0 Å². The van der Waals surface area contributed by atoms with Crippen LogP contribution in [0.25, 0.3) is 0 Å². The van der Waals surface area contributed by atoms with Crippen LogP contribution in [0.4, 0.5) is 0 Å². The van der Waals surface area contributed by atoms with E-state index >= 15 is 0 Å². The second-order valence-corrected chi connectivity index (χ2v) is 5.28. The molecule has 1 fully saturated rings. The number of nitrogens with one attached hydrogen (secondary N) is 1. The zero-order valence-electron chi connectivity index (χ0n) is 12.9. The van der Waals surface area contributed by atoms with Crippen LogP contribution in [0.2, 0.25) is 0 Å². The van der Waals surface area contributed by atoms with Crippen LogP contribution in [0.5, 0.6) is 0 Å². The minimum atomic E-state index is -0.236. The normalized spacial score (nSPS) is 14.8. The first-order valence-electron chi connectivity index (χ1n) is 7.34. The molecule has 120 valence electrons. The van der Waals surface area contributed by atoms with Crippen LogP contribution in [0, 0.1) is 6.92 Å². The molecule has 0 aromatic carbocycles. The summed E-state index contributed by atoms with van der Waals surface area (Å²) < 4.78 is 5.07. The maximum Gasteiger partial charge on any atom is 0.254 e. The molecule has 2 heterocycles. The van der Waals surface area contributed by atoms with Gasteiger partial charge < -0.3 is 19.5 Å². The van der Waals surface area contributed by atoms with Gasteiger partial charge in [0.25, 0.3) is 5.91 Å². The molecule has 0 aliphatic carbocycles. The Bertz CT molecular complexity index is 559. The molecule has 1 saturated heterocycles. The van der Waals surface area contributed by atoms with E-state index in [4.69, 9.17) is 4.42 Å². The minimum absolute atomic E-state index is 0.00702. The Morgan fingerprint density at radius 1 is 1.18 bits per heavy atom. The van der Waals surface area contributed by atoms with Gasteiger partial charge in [0.1, 0.15) is 5.76 Å². The molecule has 0 saturated carbocycles. The Morgan fingerprint density at radius 3 is 2.36 bits per heavy atom. The van der Waals surface area contributed by atoms with Crippen molar-refractivity contribution >= 4 is 17.7 Å². The van der Waals surface area contributed by atoms with Crippen molar-refractivity contribution in [1.29, 1.82) is 0 Å². The van der Waals surface area contributed by atoms with Gasteiger partial charge >= 0.3 is 0 Å². The van der Waals surface area contributed by atoms with E-state index < -0.39 is 0 Å². The summed E-state index contributed by atoms with van der Waals surface area (Å²) in [5.41, 5.74) is 0.488. The molecule has 1 aromatic rings. The molecule has 0 spiro atoms. The summed E-state index contributed by atoms with van der Waals surface area (Å²) in [5, 5.41) is 2.71. The van der Waals surface area contributed by atoms with Gasteiger partial charge in [-0.25, -0.2) is 0 Å². The van der Waals surface area contributed by atoms with E-state index in [2.05, 4.69) is 5.32 Å². The fourth-order valence-electron chi connectivity index (χ4n) is 2.43. The zero-order chi connectivity index (χ0) is 16.1. The van der Waals surface area contributed by atoms with Crippen molar-refractivity contribution in [1.82, 2.24) is 15.1 Å². The summed E-state index contributed by atoms with van der Waals surface area (Å²) in [5.74, 6) is 0.354. The maximum absolute atomic E-state index is 12.1. The van der Waals surface area contributed by atoms with Crippen LogP contribution in [-0.2, 0) is 9.59 Å². The summed E-state index contributed by atoms with van der Waals surface area (Å²) in [7, 11) is 0. The molecule has 3 amide bonds. The maximum atomic E-state index is 12.1. The molecule has 1 N–H and O–H groups in total. The number of nitrogens with zero attached hydrogens (tertiary/aromatic N) is 2. The van der Waals surface area contributed by atoms with E-state index in [-0.39, 0.29) is 30.7 Å². The Labute approximate surface area is 129 Å². The molecule has 7 nitrogen and oxygen atoms in total. The summed E-state index contributed by atoms with van der Waals surface area (Å²) in [6.07, 6.45) is 1.71. The van der Waals surface area contributed by atoms with Crippen molar-refractivity contribution in [2.45, 2.75) is 20.3 Å². The lowest BCUT2D eigenvalue weighted by Gasteiger charge is -2.34. The average Bonchev–Trinajstić information content (AvgIpc) is 2.93. The lowest BCUT2D eigenvalue weighted by molar-refractivity contribution is -0.138. The molecule has 22 heavy (non-hydrogen) atoms. The van der Waals surface area contributed by atoms with Gasteiger partial charge in [-0.1, -0.05) is 0 Å².